The Bertz CT molecular complexity index is 1070. The van der Waals surface area contributed by atoms with Crippen molar-refractivity contribution in [1.82, 2.24) is 15.5 Å². The minimum atomic E-state index is -0.370. The van der Waals surface area contributed by atoms with Crippen LogP contribution in [0.5, 0.6) is 0 Å². The van der Waals surface area contributed by atoms with Crippen LogP contribution in [0.1, 0.15) is 30.0 Å². The van der Waals surface area contributed by atoms with Gasteiger partial charge in [-0.25, -0.2) is 9.18 Å². The molecule has 2 N–H and O–H groups in total. The number of aromatic nitrogens is 2. The molecule has 30 heavy (non-hydrogen) atoms. The molecule has 1 amide bonds. The van der Waals surface area contributed by atoms with Gasteiger partial charge in [-0.3, -0.25) is 10.00 Å². The molecule has 0 saturated carbocycles. The van der Waals surface area contributed by atoms with Crippen LogP contribution in [-0.2, 0) is 24.2 Å². The fraction of sp³-hybridized carbons (Fsp3) is 0.304. The molecule has 1 aromatic heterocycles. The summed E-state index contributed by atoms with van der Waals surface area (Å²) in [4.78, 5) is 13.8. The molecule has 1 fully saturated rings. The second kappa shape index (κ2) is 7.57. The first-order valence-electron chi connectivity index (χ1n) is 10.2. The zero-order valence-corrected chi connectivity index (χ0v) is 16.7. The predicted molar refractivity (Wildman–Crippen MR) is 111 cm³/mol. The SMILES string of the molecule is CCC1OC(=O)N2c3cc(F)c(-c4ccc(CNCc5cn[nH]c5)cc4)cc3CC12. The van der Waals surface area contributed by atoms with Crippen LogP contribution in [0, 0.1) is 5.82 Å². The lowest BCUT2D eigenvalue weighted by Gasteiger charge is -2.15. The monoisotopic (exact) mass is 406 g/mol. The Morgan fingerprint density at radius 2 is 2.03 bits per heavy atom. The van der Waals surface area contributed by atoms with Crippen molar-refractivity contribution < 1.29 is 13.9 Å². The van der Waals surface area contributed by atoms with Crippen LogP contribution in [0.3, 0.4) is 0 Å². The molecule has 1 saturated heterocycles. The van der Waals surface area contributed by atoms with Gasteiger partial charge in [0.15, 0.2) is 0 Å². The summed E-state index contributed by atoms with van der Waals surface area (Å²) in [5.74, 6) is -0.326. The highest BCUT2D eigenvalue weighted by Gasteiger charge is 2.46. The standard InChI is InChI=1S/C23H23FN4O2/c1-2-22-21-8-17-7-18(19(24)9-20(17)28(21)23(29)30-22)16-5-3-14(4-6-16)10-25-11-15-12-26-27-13-15/h3-7,9,12-13,21-22,25H,2,8,10-11H2,1H3,(H,26,27). The number of rotatable bonds is 6. The first kappa shape index (κ1) is 18.8. The Kier molecular flexibility index (Phi) is 4.75. The average Bonchev–Trinajstić information content (AvgIpc) is 3.46. The molecule has 3 heterocycles. The lowest BCUT2D eigenvalue weighted by atomic mass is 9.98. The van der Waals surface area contributed by atoms with Crippen LogP contribution in [0.15, 0.2) is 48.8 Å². The minimum Gasteiger partial charge on any atom is -0.444 e. The zero-order valence-electron chi connectivity index (χ0n) is 16.7. The van der Waals surface area contributed by atoms with E-state index >= 15 is 0 Å². The topological polar surface area (TPSA) is 70.2 Å². The molecule has 2 aliphatic heterocycles. The van der Waals surface area contributed by atoms with E-state index in [1.165, 1.54) is 6.07 Å². The Morgan fingerprint density at radius 3 is 2.77 bits per heavy atom. The summed E-state index contributed by atoms with van der Waals surface area (Å²) < 4.78 is 20.4. The Morgan fingerprint density at radius 1 is 1.23 bits per heavy atom. The van der Waals surface area contributed by atoms with E-state index in [4.69, 9.17) is 4.74 Å². The van der Waals surface area contributed by atoms with E-state index in [-0.39, 0.29) is 24.1 Å². The normalized spacial score (nSPS) is 19.7. The number of carbonyl (C=O) groups excluding carboxylic acids is 1. The molecule has 0 radical (unpaired) electrons. The molecule has 2 atom stereocenters. The molecular weight excluding hydrogens is 383 g/mol. The van der Waals surface area contributed by atoms with Crippen molar-refractivity contribution in [2.75, 3.05) is 4.90 Å². The third-order valence-electron chi connectivity index (χ3n) is 5.95. The smallest absolute Gasteiger partial charge is 0.415 e. The van der Waals surface area contributed by atoms with Crippen LogP contribution in [0.2, 0.25) is 0 Å². The van der Waals surface area contributed by atoms with E-state index in [1.807, 2.05) is 43.5 Å². The van der Waals surface area contributed by atoms with Crippen molar-refractivity contribution in [3.63, 3.8) is 0 Å². The second-order valence-electron chi connectivity index (χ2n) is 7.84. The first-order valence-corrected chi connectivity index (χ1v) is 10.2. The Hall–Kier alpha value is -3.19. The van der Waals surface area contributed by atoms with Crippen LogP contribution in [0.25, 0.3) is 11.1 Å². The number of ether oxygens (including phenoxy) is 1. The number of hydrogen-bond acceptors (Lipinski definition) is 4. The number of H-pyrrole nitrogens is 1. The summed E-state index contributed by atoms with van der Waals surface area (Å²) in [6.07, 6.45) is 4.60. The maximum Gasteiger partial charge on any atom is 0.415 e. The summed E-state index contributed by atoms with van der Waals surface area (Å²) in [6, 6.07) is 11.2. The van der Waals surface area contributed by atoms with Crippen molar-refractivity contribution in [3.8, 4) is 11.1 Å². The number of hydrogen-bond donors (Lipinski definition) is 2. The highest BCUT2D eigenvalue weighted by molar-refractivity contribution is 5.94. The predicted octanol–water partition coefficient (Wildman–Crippen LogP) is 4.17. The molecule has 0 bridgehead atoms. The second-order valence-corrected chi connectivity index (χ2v) is 7.84. The maximum atomic E-state index is 15.0. The number of benzene rings is 2. The molecule has 2 unspecified atom stereocenters. The van der Waals surface area contributed by atoms with Gasteiger partial charge in [-0.15, -0.1) is 0 Å². The number of carbonyl (C=O) groups is 1. The van der Waals surface area contributed by atoms with Gasteiger partial charge in [-0.1, -0.05) is 31.2 Å². The molecule has 3 aromatic rings. The summed E-state index contributed by atoms with van der Waals surface area (Å²) in [5, 5.41) is 10.1. The minimum absolute atomic E-state index is 0.0316. The largest absolute Gasteiger partial charge is 0.444 e. The molecule has 154 valence electrons. The zero-order chi connectivity index (χ0) is 20.7. The van der Waals surface area contributed by atoms with Gasteiger partial charge < -0.3 is 10.1 Å². The van der Waals surface area contributed by atoms with Gasteiger partial charge in [0, 0.05) is 30.4 Å². The van der Waals surface area contributed by atoms with Gasteiger partial charge in [-0.05, 0) is 41.7 Å². The Labute approximate surface area is 174 Å². The van der Waals surface area contributed by atoms with E-state index in [2.05, 4.69) is 15.5 Å². The molecule has 6 nitrogen and oxygen atoms in total. The van der Waals surface area contributed by atoms with Crippen molar-refractivity contribution in [2.24, 2.45) is 0 Å². The molecule has 5 rings (SSSR count). The highest BCUT2D eigenvalue weighted by atomic mass is 19.1. The van der Waals surface area contributed by atoms with Gasteiger partial charge >= 0.3 is 6.09 Å². The molecule has 2 aromatic carbocycles. The van der Waals surface area contributed by atoms with Crippen molar-refractivity contribution in [1.29, 1.82) is 0 Å². The summed E-state index contributed by atoms with van der Waals surface area (Å²) in [6.45, 7) is 3.45. The number of anilines is 1. The fourth-order valence-corrected chi connectivity index (χ4v) is 4.39. The number of aromatic amines is 1. The van der Waals surface area contributed by atoms with Crippen molar-refractivity contribution >= 4 is 11.8 Å². The first-order chi connectivity index (χ1) is 14.6. The van der Waals surface area contributed by atoms with Gasteiger partial charge in [0.1, 0.15) is 11.9 Å². The van der Waals surface area contributed by atoms with Crippen LogP contribution >= 0.6 is 0 Å². The summed E-state index contributed by atoms with van der Waals surface area (Å²) >= 11 is 0. The summed E-state index contributed by atoms with van der Waals surface area (Å²) in [5.41, 5.74) is 5.25. The summed E-state index contributed by atoms with van der Waals surface area (Å²) in [7, 11) is 0. The molecule has 2 aliphatic rings. The van der Waals surface area contributed by atoms with E-state index in [1.54, 1.807) is 11.1 Å². The van der Waals surface area contributed by atoms with E-state index in [9.17, 15) is 9.18 Å². The van der Waals surface area contributed by atoms with E-state index in [0.717, 1.165) is 41.8 Å². The van der Waals surface area contributed by atoms with Crippen LogP contribution in [-0.4, -0.2) is 28.4 Å². The lowest BCUT2D eigenvalue weighted by molar-refractivity contribution is 0.129. The van der Waals surface area contributed by atoms with Crippen molar-refractivity contribution in [3.05, 3.63) is 71.3 Å². The molecule has 0 aliphatic carbocycles. The Balaban J connectivity index is 1.33. The number of halogens is 1. The number of nitrogens with one attached hydrogen (secondary N) is 2. The van der Waals surface area contributed by atoms with E-state index in [0.29, 0.717) is 17.7 Å². The quantitative estimate of drug-likeness (QED) is 0.645. The highest BCUT2D eigenvalue weighted by Crippen LogP contribution is 2.42. The number of nitrogens with zero attached hydrogens (tertiary/aromatic N) is 2. The third-order valence-corrected chi connectivity index (χ3v) is 5.95. The van der Waals surface area contributed by atoms with Gasteiger partial charge in [0.2, 0.25) is 0 Å². The van der Waals surface area contributed by atoms with E-state index < -0.39 is 0 Å². The van der Waals surface area contributed by atoms with Gasteiger partial charge in [0.05, 0.1) is 17.9 Å². The van der Waals surface area contributed by atoms with Gasteiger partial charge in [-0.2, -0.15) is 5.10 Å². The lowest BCUT2D eigenvalue weighted by Crippen LogP contribution is -2.33. The number of fused-ring (bicyclic) bond motifs is 3. The van der Waals surface area contributed by atoms with Gasteiger partial charge in [0.25, 0.3) is 0 Å². The number of cyclic esters (lactones) is 1. The van der Waals surface area contributed by atoms with Crippen LogP contribution in [0.4, 0.5) is 14.9 Å². The molecule has 7 heteroatoms. The van der Waals surface area contributed by atoms with Crippen molar-refractivity contribution in [2.45, 2.75) is 45.0 Å². The average molecular weight is 406 g/mol. The third kappa shape index (κ3) is 3.25. The molecular formula is C23H23FN4O2. The fourth-order valence-electron chi connectivity index (χ4n) is 4.39. The maximum absolute atomic E-state index is 15.0. The molecule has 0 spiro atoms. The van der Waals surface area contributed by atoms with Crippen LogP contribution < -0.4 is 10.2 Å². The number of amides is 1.